The number of carbonyl (C=O) groups is 1. The van der Waals surface area contributed by atoms with Gasteiger partial charge in [0.15, 0.2) is 0 Å². The predicted molar refractivity (Wildman–Crippen MR) is 133 cm³/mol. The van der Waals surface area contributed by atoms with Crippen molar-refractivity contribution in [3.05, 3.63) is 59.7 Å². The number of aromatic hydroxyl groups is 1. The van der Waals surface area contributed by atoms with Gasteiger partial charge in [-0.15, -0.1) is 0 Å². The van der Waals surface area contributed by atoms with Crippen molar-refractivity contribution in [1.29, 1.82) is 0 Å². The van der Waals surface area contributed by atoms with Crippen molar-refractivity contribution in [2.45, 2.75) is 50.9 Å². The molecule has 0 aromatic heterocycles. The zero-order valence-electron chi connectivity index (χ0n) is 20.0. The third-order valence-electron chi connectivity index (χ3n) is 8.59. The molecule has 0 radical (unpaired) electrons. The van der Waals surface area contributed by atoms with Gasteiger partial charge in [-0.25, -0.2) is 4.79 Å². The van der Waals surface area contributed by atoms with E-state index >= 15 is 0 Å². The standard InChI is InChI=1S/C30H32O4/c1-3-34-29(32)24-11-23-5-4-21(12-25(23)28(14-24)33-2)22-6-7-27(31)26(13-22)30-15-18-8-19(16-30)10-20(9-18)17-30/h4-7,11-14,18-20,31H,3,8-10,15-17H2,1-2H3. The van der Waals surface area contributed by atoms with E-state index in [-0.39, 0.29) is 11.4 Å². The Morgan fingerprint density at radius 2 is 1.59 bits per heavy atom. The summed E-state index contributed by atoms with van der Waals surface area (Å²) in [5, 5.41) is 12.9. The smallest absolute Gasteiger partial charge is 0.338 e. The minimum absolute atomic E-state index is 0.137. The number of carbonyl (C=O) groups excluding carboxylic acids is 1. The Morgan fingerprint density at radius 1 is 0.941 bits per heavy atom. The molecular weight excluding hydrogens is 424 g/mol. The van der Waals surface area contributed by atoms with E-state index in [2.05, 4.69) is 18.2 Å². The number of benzene rings is 3. The van der Waals surface area contributed by atoms with Crippen LogP contribution in [0.5, 0.6) is 11.5 Å². The molecule has 0 aliphatic heterocycles. The first-order chi connectivity index (χ1) is 16.5. The molecule has 7 rings (SSSR count). The third-order valence-corrected chi connectivity index (χ3v) is 8.59. The Kier molecular flexibility index (Phi) is 5.09. The number of phenols is 1. The molecule has 0 unspecified atom stereocenters. The van der Waals surface area contributed by atoms with Crippen LogP contribution in [-0.2, 0) is 10.2 Å². The average Bonchev–Trinajstić information content (AvgIpc) is 2.82. The molecule has 0 amide bonds. The molecule has 3 aromatic rings. The van der Waals surface area contributed by atoms with Crippen LogP contribution < -0.4 is 4.74 Å². The lowest BCUT2D eigenvalue weighted by Crippen LogP contribution is -2.48. The molecule has 4 aliphatic carbocycles. The van der Waals surface area contributed by atoms with Crippen molar-refractivity contribution in [1.82, 2.24) is 0 Å². The van der Waals surface area contributed by atoms with Gasteiger partial charge in [-0.3, -0.25) is 0 Å². The van der Waals surface area contributed by atoms with Crippen LogP contribution >= 0.6 is 0 Å². The Morgan fingerprint density at radius 3 is 2.24 bits per heavy atom. The van der Waals surface area contributed by atoms with E-state index < -0.39 is 0 Å². The van der Waals surface area contributed by atoms with E-state index in [0.29, 0.717) is 23.7 Å². The SMILES string of the molecule is CCOC(=O)c1cc(OC)c2cc(-c3ccc(O)c(C45CC6CC(CC(C6)C4)C5)c3)ccc2c1. The number of hydrogen-bond acceptors (Lipinski definition) is 4. The highest BCUT2D eigenvalue weighted by molar-refractivity contribution is 5.99. The molecule has 1 N–H and O–H groups in total. The first-order valence-electron chi connectivity index (χ1n) is 12.6. The zero-order chi connectivity index (χ0) is 23.4. The molecular formula is C30H32O4. The second-order valence-corrected chi connectivity index (χ2v) is 10.8. The van der Waals surface area contributed by atoms with Crippen molar-refractivity contribution >= 4 is 16.7 Å². The minimum Gasteiger partial charge on any atom is -0.508 e. The van der Waals surface area contributed by atoms with Gasteiger partial charge in [0.1, 0.15) is 11.5 Å². The van der Waals surface area contributed by atoms with E-state index in [4.69, 9.17) is 9.47 Å². The van der Waals surface area contributed by atoms with Crippen molar-refractivity contribution in [3.8, 4) is 22.6 Å². The highest BCUT2D eigenvalue weighted by Gasteiger charge is 2.52. The first-order valence-corrected chi connectivity index (χ1v) is 12.6. The Labute approximate surface area is 200 Å². The van der Waals surface area contributed by atoms with Crippen LogP contribution in [0.4, 0.5) is 0 Å². The van der Waals surface area contributed by atoms with Crippen LogP contribution in [0.15, 0.2) is 48.5 Å². The molecule has 3 aromatic carbocycles. The Hall–Kier alpha value is -3.01. The van der Waals surface area contributed by atoms with Crippen molar-refractivity contribution in [3.63, 3.8) is 0 Å². The molecule has 4 fully saturated rings. The van der Waals surface area contributed by atoms with Crippen LogP contribution in [-0.4, -0.2) is 24.8 Å². The topological polar surface area (TPSA) is 55.8 Å². The second-order valence-electron chi connectivity index (χ2n) is 10.8. The maximum absolute atomic E-state index is 12.3. The molecule has 4 nitrogen and oxygen atoms in total. The summed E-state index contributed by atoms with van der Waals surface area (Å²) in [6.45, 7) is 2.14. The molecule has 176 valence electrons. The fourth-order valence-corrected chi connectivity index (χ4v) is 7.59. The second kappa shape index (κ2) is 8.04. The number of hydrogen-bond donors (Lipinski definition) is 1. The summed E-state index contributed by atoms with van der Waals surface area (Å²) in [5.74, 6) is 3.24. The van der Waals surface area contributed by atoms with Crippen LogP contribution in [0, 0.1) is 17.8 Å². The summed E-state index contributed by atoms with van der Waals surface area (Å²) in [5.41, 5.74) is 3.97. The van der Waals surface area contributed by atoms with Gasteiger partial charge in [0, 0.05) is 10.9 Å². The highest BCUT2D eigenvalue weighted by Crippen LogP contribution is 2.62. The van der Waals surface area contributed by atoms with Crippen LogP contribution in [0.3, 0.4) is 0 Å². The highest BCUT2D eigenvalue weighted by atomic mass is 16.5. The van der Waals surface area contributed by atoms with Gasteiger partial charge in [0.05, 0.1) is 19.3 Å². The summed E-state index contributed by atoms with van der Waals surface area (Å²) in [4.78, 5) is 12.3. The van der Waals surface area contributed by atoms with Gasteiger partial charge >= 0.3 is 5.97 Å². The summed E-state index contributed by atoms with van der Waals surface area (Å²) >= 11 is 0. The lowest BCUT2D eigenvalue weighted by molar-refractivity contribution is -0.00611. The van der Waals surface area contributed by atoms with E-state index in [9.17, 15) is 9.90 Å². The van der Waals surface area contributed by atoms with E-state index in [1.54, 1.807) is 20.1 Å². The Balaban J connectivity index is 1.41. The Bertz CT molecular complexity index is 1240. The monoisotopic (exact) mass is 456 g/mol. The molecule has 34 heavy (non-hydrogen) atoms. The molecule has 4 bridgehead atoms. The number of rotatable bonds is 5. The van der Waals surface area contributed by atoms with Crippen molar-refractivity contribution < 1.29 is 19.4 Å². The normalized spacial score (nSPS) is 27.2. The quantitative estimate of drug-likeness (QED) is 0.426. The lowest BCUT2D eigenvalue weighted by atomic mass is 9.48. The van der Waals surface area contributed by atoms with Gasteiger partial charge in [0.2, 0.25) is 0 Å². The molecule has 0 saturated heterocycles. The largest absolute Gasteiger partial charge is 0.508 e. The van der Waals surface area contributed by atoms with E-state index in [1.165, 1.54) is 38.5 Å². The summed E-state index contributed by atoms with van der Waals surface area (Å²) in [6.07, 6.45) is 7.82. The molecule has 4 saturated carbocycles. The number of phenolic OH excluding ortho intramolecular Hbond substituents is 1. The fraction of sp³-hybridized carbons (Fsp3) is 0.433. The molecule has 4 heteroatoms. The summed E-state index contributed by atoms with van der Waals surface area (Å²) < 4.78 is 10.8. The number of esters is 1. The molecule has 0 spiro atoms. The van der Waals surface area contributed by atoms with Gasteiger partial charge in [-0.1, -0.05) is 18.2 Å². The van der Waals surface area contributed by atoms with Crippen molar-refractivity contribution in [2.24, 2.45) is 17.8 Å². The fourth-order valence-electron chi connectivity index (χ4n) is 7.59. The van der Waals surface area contributed by atoms with Gasteiger partial charge < -0.3 is 14.6 Å². The van der Waals surface area contributed by atoms with Gasteiger partial charge in [-0.2, -0.15) is 0 Å². The molecule has 0 heterocycles. The molecule has 0 atom stereocenters. The van der Waals surface area contributed by atoms with Gasteiger partial charge in [-0.05, 0) is 115 Å². The van der Waals surface area contributed by atoms with Crippen LogP contribution in [0.2, 0.25) is 0 Å². The van der Waals surface area contributed by atoms with E-state index in [0.717, 1.165) is 45.2 Å². The predicted octanol–water partition coefficient (Wildman–Crippen LogP) is 6.87. The summed E-state index contributed by atoms with van der Waals surface area (Å²) in [7, 11) is 1.63. The zero-order valence-corrected chi connectivity index (χ0v) is 20.0. The number of methoxy groups -OCH3 is 1. The summed E-state index contributed by atoms with van der Waals surface area (Å²) in [6, 6.07) is 16.0. The number of fused-ring (bicyclic) bond motifs is 1. The van der Waals surface area contributed by atoms with Crippen molar-refractivity contribution in [2.75, 3.05) is 13.7 Å². The molecule has 4 aliphatic rings. The first kappa shape index (κ1) is 21.5. The van der Waals surface area contributed by atoms with Crippen LogP contribution in [0.25, 0.3) is 21.9 Å². The average molecular weight is 457 g/mol. The van der Waals surface area contributed by atoms with Gasteiger partial charge in [0.25, 0.3) is 0 Å². The maximum Gasteiger partial charge on any atom is 0.338 e. The maximum atomic E-state index is 12.3. The minimum atomic E-state index is -0.342. The third kappa shape index (κ3) is 3.46. The lowest BCUT2D eigenvalue weighted by Gasteiger charge is -2.57. The van der Waals surface area contributed by atoms with Crippen LogP contribution in [0.1, 0.15) is 61.4 Å². The number of ether oxygens (including phenoxy) is 2. The van der Waals surface area contributed by atoms with E-state index in [1.807, 2.05) is 24.3 Å².